The van der Waals surface area contributed by atoms with Gasteiger partial charge in [-0.15, -0.1) is 0 Å². The number of amides is 1. The van der Waals surface area contributed by atoms with E-state index in [-0.39, 0.29) is 24.5 Å². The predicted octanol–water partition coefficient (Wildman–Crippen LogP) is 3.32. The van der Waals surface area contributed by atoms with E-state index in [4.69, 9.17) is 4.74 Å². The number of hydrogen-bond acceptors (Lipinski definition) is 5. The van der Waals surface area contributed by atoms with Crippen LogP contribution in [0.25, 0.3) is 0 Å². The first-order valence-corrected chi connectivity index (χ1v) is 11.7. The van der Waals surface area contributed by atoms with E-state index in [0.717, 1.165) is 15.4 Å². The molecule has 0 spiro atoms. The number of sulfonamides is 1. The maximum absolute atomic E-state index is 13.2. The fraction of sp³-hybridized carbons (Fsp3) is 0.391. The number of benzene rings is 2. The molecule has 1 N–H and O–H groups in total. The fourth-order valence-corrected chi connectivity index (χ4v) is 4.67. The van der Waals surface area contributed by atoms with Crippen molar-refractivity contribution in [1.29, 1.82) is 0 Å². The molecule has 0 aliphatic carbocycles. The molecule has 0 aliphatic heterocycles. The van der Waals surface area contributed by atoms with Gasteiger partial charge in [0, 0.05) is 6.04 Å². The number of nitrogens with zero attached hydrogens (tertiary/aromatic N) is 1. The van der Waals surface area contributed by atoms with Gasteiger partial charge in [0.15, 0.2) is 5.78 Å². The van der Waals surface area contributed by atoms with Crippen LogP contribution in [0.3, 0.4) is 0 Å². The highest BCUT2D eigenvalue weighted by molar-refractivity contribution is 7.89. The largest absolute Gasteiger partial charge is 0.450 e. The van der Waals surface area contributed by atoms with Crippen molar-refractivity contribution < 1.29 is 22.7 Å². The predicted molar refractivity (Wildman–Crippen MR) is 119 cm³/mol. The van der Waals surface area contributed by atoms with Crippen molar-refractivity contribution >= 4 is 21.9 Å². The molecule has 168 valence electrons. The van der Waals surface area contributed by atoms with Crippen LogP contribution >= 0.6 is 0 Å². The van der Waals surface area contributed by atoms with E-state index >= 15 is 0 Å². The zero-order chi connectivity index (χ0) is 23.0. The summed E-state index contributed by atoms with van der Waals surface area (Å²) in [5, 5.41) is 2.58. The summed E-state index contributed by atoms with van der Waals surface area (Å²) in [5.41, 5.74) is 1.78. The SMILES string of the molecule is CCOC(=O)N[C@@H](Cc1ccccc1)C(=O)CN(C(C)C)S(=O)(=O)c1ccc(C)cc1. The molecule has 31 heavy (non-hydrogen) atoms. The molecular weight excluding hydrogens is 416 g/mol. The van der Waals surface area contributed by atoms with Crippen molar-refractivity contribution in [3.05, 3.63) is 65.7 Å². The minimum Gasteiger partial charge on any atom is -0.450 e. The van der Waals surface area contributed by atoms with Gasteiger partial charge in [-0.3, -0.25) is 4.79 Å². The van der Waals surface area contributed by atoms with Gasteiger partial charge in [-0.1, -0.05) is 48.0 Å². The average molecular weight is 447 g/mol. The van der Waals surface area contributed by atoms with E-state index in [1.165, 1.54) is 12.1 Å². The summed E-state index contributed by atoms with van der Waals surface area (Å²) in [7, 11) is -3.89. The second-order valence-electron chi connectivity index (χ2n) is 7.53. The molecule has 8 heteroatoms. The Morgan fingerprint density at radius 2 is 1.65 bits per heavy atom. The maximum Gasteiger partial charge on any atom is 0.407 e. The van der Waals surface area contributed by atoms with E-state index < -0.39 is 34.0 Å². The van der Waals surface area contributed by atoms with Crippen molar-refractivity contribution in [1.82, 2.24) is 9.62 Å². The minimum absolute atomic E-state index is 0.123. The lowest BCUT2D eigenvalue weighted by Crippen LogP contribution is -2.49. The molecule has 0 aromatic heterocycles. The number of ether oxygens (including phenoxy) is 1. The average Bonchev–Trinajstić information content (AvgIpc) is 2.72. The van der Waals surface area contributed by atoms with E-state index in [9.17, 15) is 18.0 Å². The van der Waals surface area contributed by atoms with Gasteiger partial charge in [0.1, 0.15) is 0 Å². The van der Waals surface area contributed by atoms with Crippen molar-refractivity contribution in [3.8, 4) is 0 Å². The van der Waals surface area contributed by atoms with Crippen molar-refractivity contribution in [2.24, 2.45) is 0 Å². The first-order valence-electron chi connectivity index (χ1n) is 10.2. The summed E-state index contributed by atoms with van der Waals surface area (Å²) in [5.74, 6) is -0.415. The van der Waals surface area contributed by atoms with Crippen molar-refractivity contribution in [2.45, 2.75) is 51.1 Å². The zero-order valence-electron chi connectivity index (χ0n) is 18.4. The Kier molecular flexibility index (Phi) is 8.76. The zero-order valence-corrected chi connectivity index (χ0v) is 19.2. The van der Waals surface area contributed by atoms with Gasteiger partial charge in [-0.25, -0.2) is 13.2 Å². The summed E-state index contributed by atoms with van der Waals surface area (Å²) < 4.78 is 32.5. The minimum atomic E-state index is -3.89. The second-order valence-corrected chi connectivity index (χ2v) is 9.42. The molecule has 2 rings (SSSR count). The first kappa shape index (κ1) is 24.6. The number of rotatable bonds is 10. The third-order valence-electron chi connectivity index (χ3n) is 4.75. The smallest absolute Gasteiger partial charge is 0.407 e. The molecule has 0 radical (unpaired) electrons. The highest BCUT2D eigenvalue weighted by Gasteiger charge is 2.32. The van der Waals surface area contributed by atoms with E-state index in [1.807, 2.05) is 37.3 Å². The maximum atomic E-state index is 13.2. The van der Waals surface area contributed by atoms with Gasteiger partial charge in [0.05, 0.1) is 24.1 Å². The molecule has 0 fully saturated rings. The van der Waals surface area contributed by atoms with Crippen LogP contribution in [0.1, 0.15) is 31.9 Å². The molecule has 0 unspecified atom stereocenters. The Labute approximate surface area is 184 Å². The van der Waals surface area contributed by atoms with Crippen LogP contribution in [0, 0.1) is 6.92 Å². The number of hydrogen-bond donors (Lipinski definition) is 1. The van der Waals surface area contributed by atoms with Crippen LogP contribution in [0.15, 0.2) is 59.5 Å². The van der Waals surface area contributed by atoms with Crippen molar-refractivity contribution in [3.63, 3.8) is 0 Å². The molecule has 7 nitrogen and oxygen atoms in total. The lowest BCUT2D eigenvalue weighted by atomic mass is 10.0. The molecule has 0 saturated carbocycles. The second kappa shape index (κ2) is 11.1. The van der Waals surface area contributed by atoms with Gasteiger partial charge in [-0.05, 0) is 51.8 Å². The summed E-state index contributed by atoms with van der Waals surface area (Å²) in [6.45, 7) is 6.77. The molecule has 0 aliphatic rings. The van der Waals surface area contributed by atoms with Crippen LogP contribution in [-0.4, -0.2) is 49.8 Å². The lowest BCUT2D eigenvalue weighted by Gasteiger charge is -2.27. The van der Waals surface area contributed by atoms with Gasteiger partial charge in [-0.2, -0.15) is 4.31 Å². The fourth-order valence-electron chi connectivity index (χ4n) is 3.06. The van der Waals surface area contributed by atoms with Crippen molar-refractivity contribution in [2.75, 3.05) is 13.2 Å². The van der Waals surface area contributed by atoms with E-state index in [2.05, 4.69) is 5.32 Å². The van der Waals surface area contributed by atoms with E-state index in [0.29, 0.717) is 0 Å². The van der Waals surface area contributed by atoms with Crippen LogP contribution in [0.2, 0.25) is 0 Å². The lowest BCUT2D eigenvalue weighted by molar-refractivity contribution is -0.121. The van der Waals surface area contributed by atoms with Crippen LogP contribution < -0.4 is 5.32 Å². The number of ketones is 1. The topological polar surface area (TPSA) is 92.8 Å². The molecule has 2 aromatic rings. The Balaban J connectivity index is 2.28. The molecule has 1 amide bonds. The summed E-state index contributed by atoms with van der Waals surface area (Å²) >= 11 is 0. The monoisotopic (exact) mass is 446 g/mol. The molecule has 0 saturated heterocycles. The Morgan fingerprint density at radius 3 is 2.19 bits per heavy atom. The highest BCUT2D eigenvalue weighted by atomic mass is 32.2. The van der Waals surface area contributed by atoms with E-state index in [1.54, 1.807) is 32.9 Å². The number of carbonyl (C=O) groups is 2. The number of Topliss-reactive ketones (excluding diaryl/α,β-unsaturated/α-hetero) is 1. The number of nitrogens with one attached hydrogen (secondary N) is 1. The standard InChI is InChI=1S/C23H30N2O5S/c1-5-30-23(27)24-21(15-19-9-7-6-8-10-19)22(26)16-25(17(2)3)31(28,29)20-13-11-18(4)12-14-20/h6-14,17,21H,5,15-16H2,1-4H3,(H,24,27)/t21-/m0/s1. The number of aryl methyl sites for hydroxylation is 1. The van der Waals surface area contributed by atoms with Gasteiger partial charge in [0.2, 0.25) is 10.0 Å². The third kappa shape index (κ3) is 6.90. The summed E-state index contributed by atoms with van der Waals surface area (Å²) in [6, 6.07) is 14.3. The Morgan fingerprint density at radius 1 is 1.03 bits per heavy atom. The van der Waals surface area contributed by atoms with Crippen LogP contribution in [0.5, 0.6) is 0 Å². The highest BCUT2D eigenvalue weighted by Crippen LogP contribution is 2.19. The summed E-state index contributed by atoms with van der Waals surface area (Å²) in [6.07, 6.45) is -0.482. The molecule has 0 heterocycles. The Hall–Kier alpha value is -2.71. The quantitative estimate of drug-likeness (QED) is 0.604. The summed E-state index contributed by atoms with van der Waals surface area (Å²) in [4.78, 5) is 25.3. The van der Waals surface area contributed by atoms with Gasteiger partial charge in [0.25, 0.3) is 0 Å². The Bertz CT molecular complexity index is 973. The van der Waals surface area contributed by atoms with Crippen LogP contribution in [0.4, 0.5) is 4.79 Å². The first-order chi connectivity index (χ1) is 14.6. The molecular formula is C23H30N2O5S. The third-order valence-corrected chi connectivity index (χ3v) is 6.79. The van der Waals surface area contributed by atoms with Crippen LogP contribution in [-0.2, 0) is 26.0 Å². The number of alkyl carbamates (subject to hydrolysis) is 1. The molecule has 0 bridgehead atoms. The van der Waals surface area contributed by atoms with Gasteiger partial charge < -0.3 is 10.1 Å². The number of carbonyl (C=O) groups excluding carboxylic acids is 2. The normalized spacial score (nSPS) is 12.6. The molecule has 2 aromatic carbocycles. The van der Waals surface area contributed by atoms with Gasteiger partial charge >= 0.3 is 6.09 Å². The molecule has 1 atom stereocenters.